The van der Waals surface area contributed by atoms with E-state index in [1.54, 1.807) is 0 Å². The maximum Gasteiger partial charge on any atom is 0.222 e. The Balaban J connectivity index is 1.81. The summed E-state index contributed by atoms with van der Waals surface area (Å²) in [6, 6.07) is 8.97. The van der Waals surface area contributed by atoms with Crippen molar-refractivity contribution >= 4 is 11.8 Å². The summed E-state index contributed by atoms with van der Waals surface area (Å²) in [5.74, 6) is 1.23. The zero-order chi connectivity index (χ0) is 17.8. The molecule has 6 heteroatoms. The van der Waals surface area contributed by atoms with Crippen LogP contribution in [0.2, 0.25) is 0 Å². The smallest absolute Gasteiger partial charge is 0.222 e. The van der Waals surface area contributed by atoms with E-state index in [1.807, 2.05) is 0 Å². The van der Waals surface area contributed by atoms with Gasteiger partial charge in [-0.25, -0.2) is 4.98 Å². The predicted molar refractivity (Wildman–Crippen MR) is 103 cm³/mol. The minimum atomic E-state index is 0.261. The van der Waals surface area contributed by atoms with E-state index in [-0.39, 0.29) is 6.04 Å². The summed E-state index contributed by atoms with van der Waals surface area (Å²) < 4.78 is 0. The number of anilines is 2. The Labute approximate surface area is 149 Å². The van der Waals surface area contributed by atoms with Crippen LogP contribution in [0.1, 0.15) is 28.4 Å². The Bertz CT molecular complexity index is 711. The molecule has 134 valence electrons. The van der Waals surface area contributed by atoms with Crippen molar-refractivity contribution in [2.45, 2.75) is 25.8 Å². The lowest BCUT2D eigenvalue weighted by molar-refractivity contribution is 0.311. The molecule has 1 aromatic carbocycles. The van der Waals surface area contributed by atoms with Gasteiger partial charge in [0.2, 0.25) is 5.95 Å². The summed E-state index contributed by atoms with van der Waals surface area (Å²) >= 11 is 0. The average molecular weight is 340 g/mol. The van der Waals surface area contributed by atoms with Crippen molar-refractivity contribution in [2.24, 2.45) is 0 Å². The fourth-order valence-corrected chi connectivity index (χ4v) is 3.29. The predicted octanol–water partition coefficient (Wildman–Crippen LogP) is 1.77. The third-order valence-corrected chi connectivity index (χ3v) is 4.75. The Morgan fingerprint density at radius 1 is 1.16 bits per heavy atom. The van der Waals surface area contributed by atoms with Crippen molar-refractivity contribution in [3.05, 3.63) is 46.6 Å². The highest BCUT2D eigenvalue weighted by Crippen LogP contribution is 2.23. The molecule has 0 aliphatic carbocycles. The fraction of sp³-hybridized carbons (Fsp3) is 0.474. The first-order chi connectivity index (χ1) is 12.0. The van der Waals surface area contributed by atoms with Crippen molar-refractivity contribution in [3.8, 4) is 0 Å². The zero-order valence-corrected chi connectivity index (χ0v) is 15.3. The van der Waals surface area contributed by atoms with E-state index in [9.17, 15) is 0 Å². The molecule has 0 spiro atoms. The third kappa shape index (κ3) is 4.27. The lowest BCUT2D eigenvalue weighted by Crippen LogP contribution is -2.27. The third-order valence-electron chi connectivity index (χ3n) is 4.75. The first kappa shape index (κ1) is 17.6. The Hall–Kier alpha value is -2.18. The van der Waals surface area contributed by atoms with Gasteiger partial charge in [-0.15, -0.1) is 0 Å². The highest BCUT2D eigenvalue weighted by atomic mass is 15.2. The lowest BCUT2D eigenvalue weighted by atomic mass is 10.0. The Morgan fingerprint density at radius 2 is 1.88 bits per heavy atom. The van der Waals surface area contributed by atoms with Crippen LogP contribution >= 0.6 is 0 Å². The van der Waals surface area contributed by atoms with Crippen molar-refractivity contribution in [1.29, 1.82) is 0 Å². The molecule has 0 amide bonds. The van der Waals surface area contributed by atoms with Crippen molar-refractivity contribution < 1.29 is 0 Å². The number of likely N-dealkylation sites (N-methyl/N-ethyl adjacent to an activating group) is 1. The molecule has 2 heterocycles. The van der Waals surface area contributed by atoms with Gasteiger partial charge in [0.15, 0.2) is 0 Å². The van der Waals surface area contributed by atoms with Crippen LogP contribution in [0.15, 0.2) is 24.3 Å². The molecule has 0 saturated carbocycles. The zero-order valence-electron chi connectivity index (χ0n) is 15.3. The molecule has 3 rings (SSSR count). The SMILES string of the molecule is Cc1ccc([C@H](CNc2nc(N)nc3c2CCNCC3)N(C)C)cc1. The second-order valence-electron chi connectivity index (χ2n) is 6.88. The summed E-state index contributed by atoms with van der Waals surface area (Å²) in [7, 11) is 4.20. The van der Waals surface area contributed by atoms with Crippen LogP contribution in [0.4, 0.5) is 11.8 Å². The highest BCUT2D eigenvalue weighted by Gasteiger charge is 2.18. The van der Waals surface area contributed by atoms with Gasteiger partial charge in [0.25, 0.3) is 0 Å². The van der Waals surface area contributed by atoms with Crippen molar-refractivity contribution in [1.82, 2.24) is 20.2 Å². The first-order valence-corrected chi connectivity index (χ1v) is 8.87. The number of fused-ring (bicyclic) bond motifs is 1. The molecule has 6 nitrogen and oxygen atoms in total. The average Bonchev–Trinajstić information content (AvgIpc) is 2.81. The largest absolute Gasteiger partial charge is 0.368 e. The van der Waals surface area contributed by atoms with Gasteiger partial charge >= 0.3 is 0 Å². The molecular formula is C19H28N6. The van der Waals surface area contributed by atoms with Crippen molar-refractivity contribution in [3.63, 3.8) is 0 Å². The maximum absolute atomic E-state index is 5.93. The van der Waals surface area contributed by atoms with E-state index in [1.165, 1.54) is 16.7 Å². The number of nitrogens with zero attached hydrogens (tertiary/aromatic N) is 3. The normalized spacial score (nSPS) is 15.5. The number of hydrogen-bond acceptors (Lipinski definition) is 6. The van der Waals surface area contributed by atoms with Gasteiger partial charge in [0, 0.05) is 25.1 Å². The molecule has 25 heavy (non-hydrogen) atoms. The number of nitrogen functional groups attached to an aromatic ring is 1. The molecule has 0 fully saturated rings. The fourth-order valence-electron chi connectivity index (χ4n) is 3.29. The number of aryl methyl sites for hydroxylation is 1. The van der Waals surface area contributed by atoms with Gasteiger partial charge in [0.1, 0.15) is 5.82 Å². The van der Waals surface area contributed by atoms with Gasteiger partial charge in [-0.1, -0.05) is 29.8 Å². The number of nitrogens with two attached hydrogens (primary N) is 1. The van der Waals surface area contributed by atoms with Crippen molar-refractivity contribution in [2.75, 3.05) is 44.8 Å². The van der Waals surface area contributed by atoms with Gasteiger partial charge in [-0.3, -0.25) is 0 Å². The van der Waals surface area contributed by atoms with Gasteiger partial charge in [-0.05, 0) is 39.5 Å². The molecule has 0 saturated heterocycles. The topological polar surface area (TPSA) is 79.1 Å². The van der Waals surface area contributed by atoms with Crippen LogP contribution in [0.25, 0.3) is 0 Å². The molecule has 1 aliphatic heterocycles. The van der Waals surface area contributed by atoms with Crippen LogP contribution in [0.5, 0.6) is 0 Å². The van der Waals surface area contributed by atoms with E-state index >= 15 is 0 Å². The molecule has 1 aromatic heterocycles. The van der Waals surface area contributed by atoms with Crippen LogP contribution in [-0.2, 0) is 12.8 Å². The number of benzene rings is 1. The van der Waals surface area contributed by atoms with Crippen LogP contribution in [-0.4, -0.2) is 48.6 Å². The van der Waals surface area contributed by atoms with Gasteiger partial charge < -0.3 is 21.3 Å². The standard InChI is InChI=1S/C19H28N6/c1-13-4-6-14(7-5-13)17(25(2)3)12-22-18-15-8-10-21-11-9-16(15)23-19(20)24-18/h4-7,17,21H,8-12H2,1-3H3,(H3,20,22,23,24)/t17-/m0/s1. The summed E-state index contributed by atoms with van der Waals surface area (Å²) in [5, 5.41) is 6.95. The van der Waals surface area contributed by atoms with E-state index in [0.29, 0.717) is 5.95 Å². The van der Waals surface area contributed by atoms with Crippen LogP contribution < -0.4 is 16.4 Å². The summed E-state index contributed by atoms with van der Waals surface area (Å²) in [6.45, 7) is 4.77. The second kappa shape index (κ2) is 7.80. The number of nitrogens with one attached hydrogen (secondary N) is 2. The molecule has 0 unspecified atom stereocenters. The van der Waals surface area contributed by atoms with E-state index in [0.717, 1.165) is 44.0 Å². The minimum Gasteiger partial charge on any atom is -0.368 e. The van der Waals surface area contributed by atoms with Crippen LogP contribution in [0.3, 0.4) is 0 Å². The Kier molecular flexibility index (Phi) is 5.50. The molecule has 4 N–H and O–H groups in total. The summed E-state index contributed by atoms with van der Waals surface area (Å²) in [6.07, 6.45) is 1.82. The number of rotatable bonds is 5. The molecule has 0 radical (unpaired) electrons. The Morgan fingerprint density at radius 3 is 2.60 bits per heavy atom. The quantitative estimate of drug-likeness (QED) is 0.770. The number of aromatic nitrogens is 2. The lowest BCUT2D eigenvalue weighted by Gasteiger charge is -2.26. The molecule has 1 aliphatic rings. The highest BCUT2D eigenvalue weighted by molar-refractivity contribution is 5.50. The van der Waals surface area contributed by atoms with E-state index in [4.69, 9.17) is 5.73 Å². The molecule has 2 aromatic rings. The first-order valence-electron chi connectivity index (χ1n) is 8.87. The van der Waals surface area contributed by atoms with Gasteiger partial charge in [0.05, 0.1) is 11.7 Å². The minimum absolute atomic E-state index is 0.261. The second-order valence-corrected chi connectivity index (χ2v) is 6.88. The number of hydrogen-bond donors (Lipinski definition) is 3. The van der Waals surface area contributed by atoms with Gasteiger partial charge in [-0.2, -0.15) is 4.98 Å². The van der Waals surface area contributed by atoms with E-state index in [2.05, 4.69) is 70.8 Å². The monoisotopic (exact) mass is 340 g/mol. The molecule has 1 atom stereocenters. The molecule has 0 bridgehead atoms. The summed E-state index contributed by atoms with van der Waals surface area (Å²) in [5.41, 5.74) is 10.8. The van der Waals surface area contributed by atoms with E-state index < -0.39 is 0 Å². The maximum atomic E-state index is 5.93. The van der Waals surface area contributed by atoms with Crippen LogP contribution in [0, 0.1) is 6.92 Å². The summed E-state index contributed by atoms with van der Waals surface area (Å²) in [4.78, 5) is 11.1. The molecular weight excluding hydrogens is 312 g/mol.